The molecule has 0 aliphatic heterocycles. The van der Waals surface area contributed by atoms with Crippen LogP contribution in [0.25, 0.3) is 44.5 Å². The highest BCUT2D eigenvalue weighted by atomic mass is 19.4. The highest BCUT2D eigenvalue weighted by Crippen LogP contribution is 2.53. The molecule has 22 heteroatoms. The minimum Gasteiger partial charge on any atom is -0.352 e. The summed E-state index contributed by atoms with van der Waals surface area (Å²) in [7, 11) is 0. The third-order valence-electron chi connectivity index (χ3n) is 20.3. The number of nitrogens with zero attached hydrogens (tertiary/aromatic N) is 2. The van der Waals surface area contributed by atoms with E-state index in [4.69, 9.17) is 0 Å². The molecule has 0 spiro atoms. The van der Waals surface area contributed by atoms with Crippen molar-refractivity contribution in [3.8, 4) is 44.5 Å². The molecule has 0 unspecified atom stereocenters. The van der Waals surface area contributed by atoms with Crippen molar-refractivity contribution < 1.29 is 71.9 Å². The van der Waals surface area contributed by atoms with Crippen molar-refractivity contribution in [2.45, 2.75) is 138 Å². The molecule has 0 fully saturated rings. The minimum absolute atomic E-state index is 0.262. The lowest BCUT2D eigenvalue weighted by atomic mass is 9.73. The number of nitrogens with one attached hydrogen (secondary N) is 4. The molecule has 0 aromatic heterocycles. The molecular weight excluding hydrogens is 1380 g/mol. The fraction of sp³-hybridized carbons (Fsp3) is 0.381. The van der Waals surface area contributed by atoms with E-state index in [0.29, 0.717) is 133 Å². The van der Waals surface area contributed by atoms with Gasteiger partial charge in [0, 0.05) is 24.2 Å². The maximum Gasteiger partial charge on any atom is 0.416 e. The second kappa shape index (κ2) is 35.9. The molecule has 8 aromatic rings. The van der Waals surface area contributed by atoms with E-state index in [2.05, 4.69) is 31.1 Å². The minimum atomic E-state index is -4.62. The van der Waals surface area contributed by atoms with Crippen LogP contribution in [0.2, 0.25) is 0 Å². The van der Waals surface area contributed by atoms with E-state index in [1.807, 2.05) is 72.8 Å². The van der Waals surface area contributed by atoms with Gasteiger partial charge < -0.3 is 31.1 Å². The Morgan fingerprint density at radius 3 is 0.972 bits per heavy atom. The highest BCUT2D eigenvalue weighted by Gasteiger charge is 2.51. The third kappa shape index (κ3) is 20.2. The van der Waals surface area contributed by atoms with Gasteiger partial charge in [0.25, 0.3) is 11.8 Å². The van der Waals surface area contributed by atoms with Gasteiger partial charge in [-0.2, -0.15) is 52.7 Å². The van der Waals surface area contributed by atoms with Gasteiger partial charge in [-0.3, -0.25) is 19.2 Å². The molecule has 8 aromatic carbocycles. The molecule has 2 aliphatic carbocycles. The second-order valence-electron chi connectivity index (χ2n) is 27.5. The first kappa shape index (κ1) is 79.3. The number of hydrogen-bond acceptors (Lipinski definition) is 6. The molecule has 2 aliphatic rings. The van der Waals surface area contributed by atoms with Gasteiger partial charge in [0.2, 0.25) is 11.8 Å². The Labute approximate surface area is 610 Å². The molecule has 0 radical (unpaired) electrons. The largest absolute Gasteiger partial charge is 0.416 e. The maximum atomic E-state index is 14.3. The van der Waals surface area contributed by atoms with E-state index in [1.165, 1.54) is 24.3 Å². The maximum absolute atomic E-state index is 14.3. The Bertz CT molecular complexity index is 4140. The lowest BCUT2D eigenvalue weighted by Crippen LogP contribution is -2.47. The summed E-state index contributed by atoms with van der Waals surface area (Å²) in [6, 6.07) is 52.2. The first-order valence-corrected chi connectivity index (χ1v) is 36.4. The third-order valence-corrected chi connectivity index (χ3v) is 20.3. The number of halogens is 12. The summed E-state index contributed by atoms with van der Waals surface area (Å²) in [5.41, 5.74) is 4.47. The average molecular weight is 1470 g/mol. The van der Waals surface area contributed by atoms with E-state index in [-0.39, 0.29) is 24.7 Å². The Morgan fingerprint density at radius 1 is 0.302 bits per heavy atom. The van der Waals surface area contributed by atoms with E-state index in [1.54, 1.807) is 72.8 Å². The molecule has 10 rings (SSSR count). The van der Waals surface area contributed by atoms with E-state index in [9.17, 15) is 71.9 Å². The van der Waals surface area contributed by atoms with Gasteiger partial charge in [0.1, 0.15) is 23.9 Å². The first-order valence-electron chi connectivity index (χ1n) is 36.4. The summed E-state index contributed by atoms with van der Waals surface area (Å²) in [6.45, 7) is 1.63. The van der Waals surface area contributed by atoms with Crippen molar-refractivity contribution in [3.63, 3.8) is 0 Å². The summed E-state index contributed by atoms with van der Waals surface area (Å²) in [5.74, 6) is -2.10. The molecular formula is C84H88F12N6O4. The number of alkyl halides is 12. The van der Waals surface area contributed by atoms with Crippen LogP contribution >= 0.6 is 0 Å². The fourth-order valence-electron chi connectivity index (χ4n) is 15.1. The van der Waals surface area contributed by atoms with Crippen molar-refractivity contribution in [2.24, 2.45) is 0 Å². The zero-order chi connectivity index (χ0) is 75.5. The quantitative estimate of drug-likeness (QED) is 0.0227. The van der Waals surface area contributed by atoms with Crippen molar-refractivity contribution in [1.29, 1.82) is 0 Å². The lowest BCUT2D eigenvalue weighted by molar-refractivity contribution is -0.141. The predicted molar refractivity (Wildman–Crippen MR) is 389 cm³/mol. The monoisotopic (exact) mass is 1470 g/mol. The molecule has 0 saturated carbocycles. The van der Waals surface area contributed by atoms with Crippen LogP contribution in [0.3, 0.4) is 0 Å². The molecule has 0 heterocycles. The van der Waals surface area contributed by atoms with Crippen LogP contribution in [-0.4, -0.2) is 111 Å². The van der Waals surface area contributed by atoms with Crippen molar-refractivity contribution in [1.82, 2.24) is 31.1 Å². The Morgan fingerprint density at radius 2 is 0.604 bits per heavy atom. The summed E-state index contributed by atoms with van der Waals surface area (Å²) < 4.78 is 162. The zero-order valence-electron chi connectivity index (χ0n) is 58.9. The normalized spacial score (nSPS) is 13.6. The van der Waals surface area contributed by atoms with Crippen LogP contribution in [0.4, 0.5) is 52.7 Å². The fourth-order valence-corrected chi connectivity index (χ4v) is 15.1. The molecule has 0 bridgehead atoms. The second-order valence-corrected chi connectivity index (χ2v) is 27.5. The number of carbonyl (C=O) groups is 4. The summed E-state index contributed by atoms with van der Waals surface area (Å²) in [5, 5.41) is 10.4. The number of amides is 4. The average Bonchev–Trinajstić information content (AvgIpc) is 1.57. The zero-order valence-corrected chi connectivity index (χ0v) is 58.9. The van der Waals surface area contributed by atoms with Gasteiger partial charge >= 0.3 is 24.7 Å². The molecule has 4 amide bonds. The highest BCUT2D eigenvalue weighted by molar-refractivity contribution is 6.03. The molecule has 0 atom stereocenters. The van der Waals surface area contributed by atoms with Crippen LogP contribution < -0.4 is 21.3 Å². The Balaban J connectivity index is 0.733. The van der Waals surface area contributed by atoms with Crippen LogP contribution in [0, 0.1) is 0 Å². The van der Waals surface area contributed by atoms with Crippen LogP contribution in [0.5, 0.6) is 0 Å². The number of benzene rings is 8. The van der Waals surface area contributed by atoms with Gasteiger partial charge in [-0.05, 0) is 200 Å². The number of hydrogen-bond donors (Lipinski definition) is 4. The van der Waals surface area contributed by atoms with E-state index < -0.39 is 71.6 Å². The van der Waals surface area contributed by atoms with Crippen LogP contribution in [0.15, 0.2) is 194 Å². The standard InChI is InChI=1S/C84H88F12N6O4/c85-81(86,87)57-99-77(105)79(71-31-13-9-26-66(71)67-27-10-14-32-72(67)79)47-17-21-53-101(55-23-49-97-75(103)62-37-35-59(36-38-62)60-39-43-63(44-40-60)83(91,92)93)51-19-5-3-1-2-4-6-20-52-102(56-24-50-98-76(104)70-30-8-7-25-65(70)61-41-45-64(46-42-61)84(94,95)96)54-22-18-48-80(78(106)100-58-82(88,89)90)73-33-15-11-28-68(73)69-29-12-16-34-74(69)80/h7-16,25-46H,1-6,17-24,47-58H2,(H,97,103)(H,98,104)(H,99,105)(H,100,106). The van der Waals surface area contributed by atoms with Crippen molar-refractivity contribution in [2.75, 3.05) is 65.4 Å². The molecule has 106 heavy (non-hydrogen) atoms. The topological polar surface area (TPSA) is 123 Å². The summed E-state index contributed by atoms with van der Waals surface area (Å²) >= 11 is 0. The van der Waals surface area contributed by atoms with Crippen molar-refractivity contribution >= 4 is 23.6 Å². The van der Waals surface area contributed by atoms with E-state index >= 15 is 0 Å². The molecule has 562 valence electrons. The molecule has 4 N–H and O–H groups in total. The number of fused-ring (bicyclic) bond motifs is 6. The van der Waals surface area contributed by atoms with Gasteiger partial charge in [-0.25, -0.2) is 0 Å². The van der Waals surface area contributed by atoms with Gasteiger partial charge in [-0.15, -0.1) is 0 Å². The van der Waals surface area contributed by atoms with E-state index in [0.717, 1.165) is 111 Å². The van der Waals surface area contributed by atoms with Gasteiger partial charge in [0.15, 0.2) is 0 Å². The SMILES string of the molecule is O=C(NCCCN(CCCCCCCCCCN(CCCCC1(C(=O)NCC(F)(F)F)c2ccccc2-c2ccccc21)CCCNC(=O)c1ccccc1-c1ccc(C(F)(F)F)cc1)CCCCC1(C(=O)NCC(F)(F)F)c2ccccc2-c2ccccc21)c1ccc(-c2ccc(C(F)(F)F)cc2)cc1. The number of carbonyl (C=O) groups excluding carboxylic acids is 4. The molecule has 0 saturated heterocycles. The Kier molecular flexibility index (Phi) is 26.8. The van der Waals surface area contributed by atoms with Crippen LogP contribution in [-0.2, 0) is 32.8 Å². The van der Waals surface area contributed by atoms with Gasteiger partial charge in [0.05, 0.1) is 11.1 Å². The lowest BCUT2D eigenvalue weighted by Gasteiger charge is -2.31. The number of unbranched alkanes of at least 4 members (excludes halogenated alkanes) is 9. The van der Waals surface area contributed by atoms with Crippen LogP contribution in [0.1, 0.15) is 157 Å². The smallest absolute Gasteiger partial charge is 0.352 e. The summed E-state index contributed by atoms with van der Waals surface area (Å²) in [6.07, 6.45) is -6.70. The van der Waals surface area contributed by atoms with Crippen molar-refractivity contribution in [3.05, 3.63) is 239 Å². The predicted octanol–water partition coefficient (Wildman–Crippen LogP) is 19.4. The summed E-state index contributed by atoms with van der Waals surface area (Å²) in [4.78, 5) is 60.2. The number of rotatable bonds is 37. The van der Waals surface area contributed by atoms with Gasteiger partial charge in [-0.1, -0.05) is 203 Å². The molecule has 10 nitrogen and oxygen atoms in total. The first-order chi connectivity index (χ1) is 50.8. The Hall–Kier alpha value is -9.28.